The first-order valence-electron chi connectivity index (χ1n) is 4.95. The van der Waals surface area contributed by atoms with Crippen LogP contribution in [0, 0.1) is 5.82 Å². The normalized spacial score (nSPS) is 10.4. The highest BCUT2D eigenvalue weighted by Crippen LogP contribution is 2.22. The lowest BCUT2D eigenvalue weighted by molar-refractivity contribution is 0.630. The van der Waals surface area contributed by atoms with Crippen molar-refractivity contribution < 1.29 is 4.39 Å². The Kier molecular flexibility index (Phi) is 3.15. The van der Waals surface area contributed by atoms with Crippen molar-refractivity contribution in [1.82, 2.24) is 4.57 Å². The largest absolute Gasteiger partial charge is 0.378 e. The third kappa shape index (κ3) is 2.36. The Labute approximate surface area is 98.7 Å². The van der Waals surface area contributed by atoms with E-state index < -0.39 is 5.82 Å². The van der Waals surface area contributed by atoms with Crippen LogP contribution in [0.1, 0.15) is 5.56 Å². The van der Waals surface area contributed by atoms with Crippen molar-refractivity contribution in [1.29, 1.82) is 0 Å². The van der Waals surface area contributed by atoms with Crippen molar-refractivity contribution in [3.8, 4) is 0 Å². The predicted molar refractivity (Wildman–Crippen MR) is 64.1 cm³/mol. The van der Waals surface area contributed by atoms with Gasteiger partial charge in [-0.1, -0.05) is 17.7 Å². The fraction of sp³-hybridized carbons (Fsp3) is 0.167. The number of hydrogen-bond donors (Lipinski definition) is 1. The van der Waals surface area contributed by atoms with E-state index in [0.29, 0.717) is 12.2 Å². The molecule has 0 radical (unpaired) electrons. The quantitative estimate of drug-likeness (QED) is 0.867. The molecular weight excluding hydrogens is 227 g/mol. The van der Waals surface area contributed by atoms with Gasteiger partial charge in [0.1, 0.15) is 0 Å². The number of nitrogens with one attached hydrogen (secondary N) is 1. The third-order valence-corrected chi connectivity index (χ3v) is 2.62. The van der Waals surface area contributed by atoms with Crippen molar-refractivity contribution in [2.45, 2.75) is 6.54 Å². The second-order valence-corrected chi connectivity index (χ2v) is 4.05. The summed E-state index contributed by atoms with van der Waals surface area (Å²) >= 11 is 5.68. The molecule has 1 aromatic heterocycles. The van der Waals surface area contributed by atoms with Crippen LogP contribution < -0.4 is 5.32 Å². The number of benzene rings is 1. The standard InChI is InChI=1S/C12H12ClFN2/c1-16-6-5-9(8-16)7-15-11-4-2-3-10(13)12(11)14/h2-6,8,15H,7H2,1H3. The van der Waals surface area contributed by atoms with Gasteiger partial charge in [0.15, 0.2) is 5.82 Å². The minimum atomic E-state index is -0.403. The fourth-order valence-corrected chi connectivity index (χ4v) is 1.68. The molecule has 0 aliphatic heterocycles. The van der Waals surface area contributed by atoms with Crippen molar-refractivity contribution >= 4 is 17.3 Å². The molecule has 16 heavy (non-hydrogen) atoms. The zero-order valence-corrected chi connectivity index (χ0v) is 9.63. The van der Waals surface area contributed by atoms with E-state index in [1.54, 1.807) is 12.1 Å². The number of aromatic nitrogens is 1. The van der Waals surface area contributed by atoms with Gasteiger partial charge in [-0.15, -0.1) is 0 Å². The molecule has 2 aromatic rings. The molecule has 0 atom stereocenters. The molecule has 1 aromatic carbocycles. The lowest BCUT2D eigenvalue weighted by atomic mass is 10.3. The van der Waals surface area contributed by atoms with Crippen molar-refractivity contribution in [2.75, 3.05) is 5.32 Å². The number of nitrogens with zero attached hydrogens (tertiary/aromatic N) is 1. The molecule has 0 amide bonds. The summed E-state index contributed by atoms with van der Waals surface area (Å²) in [6.45, 7) is 0.581. The number of hydrogen-bond acceptors (Lipinski definition) is 1. The van der Waals surface area contributed by atoms with Crippen molar-refractivity contribution in [3.63, 3.8) is 0 Å². The second kappa shape index (κ2) is 4.58. The molecule has 4 heteroatoms. The maximum atomic E-state index is 13.5. The zero-order valence-electron chi connectivity index (χ0n) is 8.87. The molecule has 0 saturated carbocycles. The van der Waals surface area contributed by atoms with Crippen molar-refractivity contribution in [2.24, 2.45) is 7.05 Å². The maximum Gasteiger partial charge on any atom is 0.164 e. The number of aryl methyl sites for hydroxylation is 1. The van der Waals surface area contributed by atoms with Crippen LogP contribution >= 0.6 is 11.6 Å². The summed E-state index contributed by atoms with van der Waals surface area (Å²) in [5, 5.41) is 3.15. The molecule has 1 heterocycles. The average molecular weight is 239 g/mol. The summed E-state index contributed by atoms with van der Waals surface area (Å²) < 4.78 is 15.5. The van der Waals surface area contributed by atoms with E-state index in [2.05, 4.69) is 5.32 Å². The van der Waals surface area contributed by atoms with Gasteiger partial charge < -0.3 is 9.88 Å². The van der Waals surface area contributed by atoms with Crippen LogP contribution in [0.3, 0.4) is 0 Å². The van der Waals surface area contributed by atoms with Crippen LogP contribution in [0.5, 0.6) is 0 Å². The number of rotatable bonds is 3. The molecule has 2 rings (SSSR count). The Bertz CT molecular complexity index is 494. The smallest absolute Gasteiger partial charge is 0.164 e. The first-order valence-corrected chi connectivity index (χ1v) is 5.33. The van der Waals surface area contributed by atoms with Gasteiger partial charge >= 0.3 is 0 Å². The summed E-state index contributed by atoms with van der Waals surface area (Å²) in [7, 11) is 1.95. The highest BCUT2D eigenvalue weighted by Gasteiger charge is 2.05. The van der Waals surface area contributed by atoms with Gasteiger partial charge in [0, 0.05) is 26.0 Å². The summed E-state index contributed by atoms with van der Waals surface area (Å²) in [4.78, 5) is 0. The molecule has 0 aliphatic carbocycles. The van der Waals surface area contributed by atoms with E-state index in [-0.39, 0.29) is 5.02 Å². The molecular formula is C12H12ClFN2. The monoisotopic (exact) mass is 238 g/mol. The lowest BCUT2D eigenvalue weighted by Gasteiger charge is -2.06. The van der Waals surface area contributed by atoms with E-state index in [1.807, 2.05) is 30.1 Å². The molecule has 2 nitrogen and oxygen atoms in total. The first kappa shape index (κ1) is 11.0. The van der Waals surface area contributed by atoms with Gasteiger partial charge in [0.25, 0.3) is 0 Å². The summed E-state index contributed by atoms with van der Waals surface area (Å²) in [6, 6.07) is 6.91. The molecule has 0 bridgehead atoms. The zero-order chi connectivity index (χ0) is 11.5. The van der Waals surface area contributed by atoms with Gasteiger partial charge in [-0.25, -0.2) is 4.39 Å². The van der Waals surface area contributed by atoms with Crippen molar-refractivity contribution in [3.05, 3.63) is 53.1 Å². The van der Waals surface area contributed by atoms with E-state index in [1.165, 1.54) is 6.07 Å². The molecule has 0 unspecified atom stereocenters. The van der Waals surface area contributed by atoms with E-state index in [4.69, 9.17) is 11.6 Å². The molecule has 0 spiro atoms. The SMILES string of the molecule is Cn1ccc(CNc2cccc(Cl)c2F)c1. The minimum absolute atomic E-state index is 0.137. The Morgan fingerprint density at radius 2 is 2.19 bits per heavy atom. The molecule has 0 fully saturated rings. The highest BCUT2D eigenvalue weighted by atomic mass is 35.5. The fourth-order valence-electron chi connectivity index (χ4n) is 1.50. The number of anilines is 1. The van der Waals surface area contributed by atoms with Gasteiger partial charge in [-0.05, 0) is 23.8 Å². The lowest BCUT2D eigenvalue weighted by Crippen LogP contribution is -2.00. The van der Waals surface area contributed by atoms with Gasteiger partial charge in [-0.3, -0.25) is 0 Å². The third-order valence-electron chi connectivity index (χ3n) is 2.33. The highest BCUT2D eigenvalue weighted by molar-refractivity contribution is 6.31. The van der Waals surface area contributed by atoms with E-state index >= 15 is 0 Å². The van der Waals surface area contributed by atoms with Gasteiger partial charge in [0.2, 0.25) is 0 Å². The Morgan fingerprint density at radius 1 is 1.38 bits per heavy atom. The van der Waals surface area contributed by atoms with Crippen LogP contribution in [0.4, 0.5) is 10.1 Å². The second-order valence-electron chi connectivity index (χ2n) is 3.64. The Hall–Kier alpha value is -1.48. The Morgan fingerprint density at radius 3 is 2.88 bits per heavy atom. The van der Waals surface area contributed by atoms with Crippen LogP contribution in [0.2, 0.25) is 5.02 Å². The summed E-state index contributed by atoms with van der Waals surface area (Å²) in [5.41, 5.74) is 1.53. The molecule has 0 aliphatic rings. The maximum absolute atomic E-state index is 13.5. The molecule has 0 saturated heterocycles. The Balaban J connectivity index is 2.07. The molecule has 84 valence electrons. The van der Waals surface area contributed by atoms with Gasteiger partial charge in [0.05, 0.1) is 10.7 Å². The first-order chi connectivity index (χ1) is 7.66. The van der Waals surface area contributed by atoms with Gasteiger partial charge in [-0.2, -0.15) is 0 Å². The average Bonchev–Trinajstić information content (AvgIpc) is 2.67. The number of halogens is 2. The molecule has 1 N–H and O–H groups in total. The summed E-state index contributed by atoms with van der Waals surface area (Å²) in [6.07, 6.45) is 3.93. The van der Waals surface area contributed by atoms with E-state index in [0.717, 1.165) is 5.56 Å². The minimum Gasteiger partial charge on any atom is -0.378 e. The topological polar surface area (TPSA) is 17.0 Å². The van der Waals surface area contributed by atoms with Crippen LogP contribution in [0.15, 0.2) is 36.7 Å². The van der Waals surface area contributed by atoms with E-state index in [9.17, 15) is 4.39 Å². The van der Waals surface area contributed by atoms with Crippen LogP contribution in [0.25, 0.3) is 0 Å². The summed E-state index contributed by atoms with van der Waals surface area (Å²) in [5.74, 6) is -0.403. The van der Waals surface area contributed by atoms with Crippen LogP contribution in [-0.4, -0.2) is 4.57 Å². The van der Waals surface area contributed by atoms with Crippen LogP contribution in [-0.2, 0) is 13.6 Å². The predicted octanol–water partition coefficient (Wildman–Crippen LogP) is 3.43.